The molecule has 144 valence electrons. The van der Waals surface area contributed by atoms with E-state index in [2.05, 4.69) is 42.7 Å². The number of rotatable bonds is 4. The van der Waals surface area contributed by atoms with Crippen LogP contribution < -0.4 is 10.6 Å². The van der Waals surface area contributed by atoms with Crippen LogP contribution in [0.3, 0.4) is 0 Å². The highest BCUT2D eigenvalue weighted by atomic mass is 16.2. The molecule has 6 heteroatoms. The quantitative estimate of drug-likeness (QED) is 0.803. The van der Waals surface area contributed by atoms with Crippen LogP contribution in [-0.4, -0.2) is 28.7 Å². The Balaban J connectivity index is 1.53. The molecule has 6 nitrogen and oxygen atoms in total. The number of aryl methyl sites for hydroxylation is 2. The molecule has 4 rings (SSSR count). The summed E-state index contributed by atoms with van der Waals surface area (Å²) in [7, 11) is 0. The Labute approximate surface area is 163 Å². The van der Waals surface area contributed by atoms with E-state index >= 15 is 0 Å². The van der Waals surface area contributed by atoms with Gasteiger partial charge in [0.05, 0.1) is 0 Å². The van der Waals surface area contributed by atoms with Crippen molar-refractivity contribution in [1.29, 1.82) is 0 Å². The van der Waals surface area contributed by atoms with Gasteiger partial charge in [0.15, 0.2) is 0 Å². The third-order valence-electron chi connectivity index (χ3n) is 5.64. The summed E-state index contributed by atoms with van der Waals surface area (Å²) < 4.78 is 0. The van der Waals surface area contributed by atoms with Crippen LogP contribution in [0.15, 0.2) is 36.4 Å². The molecule has 0 saturated carbocycles. The Morgan fingerprint density at radius 2 is 1.93 bits per heavy atom. The topological polar surface area (TPSA) is 78.5 Å². The second-order valence-electron chi connectivity index (χ2n) is 7.50. The van der Waals surface area contributed by atoms with Crippen LogP contribution in [0.2, 0.25) is 0 Å². The summed E-state index contributed by atoms with van der Waals surface area (Å²) in [6.45, 7) is 5.21. The second kappa shape index (κ2) is 7.11. The first kappa shape index (κ1) is 18.2. The maximum Gasteiger partial charge on any atom is 0.255 e. The molecule has 1 saturated heterocycles. The Morgan fingerprint density at radius 3 is 2.68 bits per heavy atom. The number of hydrogen-bond acceptors (Lipinski definition) is 4. The van der Waals surface area contributed by atoms with Gasteiger partial charge in [0.2, 0.25) is 11.8 Å². The standard InChI is InChI=1S/C22H23N3O3/c1-13-6-7-15(10-14(13)2)11-23-18-5-3-4-16-17(18)12-25(22(16)28)19-8-9-20(26)24-21(19)27/h3-7,10,19,23H,8-9,11-12H2,1-2H3,(H,24,26,27)/t19-/m1/s1. The Bertz CT molecular complexity index is 983. The normalized spacial score (nSPS) is 18.9. The van der Waals surface area contributed by atoms with Gasteiger partial charge in [0, 0.05) is 36.3 Å². The Morgan fingerprint density at radius 1 is 1.11 bits per heavy atom. The number of anilines is 1. The van der Waals surface area contributed by atoms with E-state index in [-0.39, 0.29) is 24.1 Å². The highest BCUT2D eigenvalue weighted by Crippen LogP contribution is 2.32. The third-order valence-corrected chi connectivity index (χ3v) is 5.64. The van der Waals surface area contributed by atoms with Crippen LogP contribution in [0, 0.1) is 13.8 Å². The van der Waals surface area contributed by atoms with Gasteiger partial charge in [0.25, 0.3) is 5.91 Å². The predicted molar refractivity (Wildman–Crippen MR) is 106 cm³/mol. The van der Waals surface area contributed by atoms with Gasteiger partial charge in [-0.3, -0.25) is 19.7 Å². The first-order valence-corrected chi connectivity index (χ1v) is 9.50. The lowest BCUT2D eigenvalue weighted by molar-refractivity contribution is -0.136. The van der Waals surface area contributed by atoms with Gasteiger partial charge in [0.1, 0.15) is 6.04 Å². The van der Waals surface area contributed by atoms with Crippen LogP contribution in [-0.2, 0) is 22.7 Å². The maximum atomic E-state index is 12.9. The van der Waals surface area contributed by atoms with E-state index in [1.54, 1.807) is 11.0 Å². The molecule has 28 heavy (non-hydrogen) atoms. The summed E-state index contributed by atoms with van der Waals surface area (Å²) in [4.78, 5) is 38.1. The van der Waals surface area contributed by atoms with Gasteiger partial charge in [-0.05, 0) is 49.1 Å². The molecule has 2 aromatic rings. The number of hydrogen-bond donors (Lipinski definition) is 2. The van der Waals surface area contributed by atoms with Gasteiger partial charge in [-0.25, -0.2) is 0 Å². The van der Waals surface area contributed by atoms with Gasteiger partial charge in [-0.2, -0.15) is 0 Å². The summed E-state index contributed by atoms with van der Waals surface area (Å²) in [6, 6.07) is 11.4. The molecule has 2 aromatic carbocycles. The fourth-order valence-corrected chi connectivity index (χ4v) is 3.86. The molecular formula is C22H23N3O3. The minimum atomic E-state index is -0.592. The third kappa shape index (κ3) is 3.26. The monoisotopic (exact) mass is 377 g/mol. The SMILES string of the molecule is Cc1ccc(CNc2cccc3c2CN([C@@H]2CCC(=O)NC2=O)C3=O)cc1C. The zero-order valence-electron chi connectivity index (χ0n) is 16.0. The van der Waals surface area contributed by atoms with Gasteiger partial charge in [-0.1, -0.05) is 24.3 Å². The highest BCUT2D eigenvalue weighted by Gasteiger charge is 2.39. The first-order chi connectivity index (χ1) is 13.4. The maximum absolute atomic E-state index is 12.9. The number of fused-ring (bicyclic) bond motifs is 1. The average Bonchev–Trinajstić information content (AvgIpc) is 3.00. The molecule has 2 aliphatic heterocycles. The summed E-state index contributed by atoms with van der Waals surface area (Å²) >= 11 is 0. The number of carbonyl (C=O) groups excluding carboxylic acids is 3. The molecule has 0 bridgehead atoms. The molecule has 3 amide bonds. The van der Waals surface area contributed by atoms with Gasteiger partial charge in [-0.15, -0.1) is 0 Å². The Hall–Kier alpha value is -3.15. The molecule has 0 spiro atoms. The summed E-state index contributed by atoms with van der Waals surface area (Å²) in [5.41, 5.74) is 6.10. The first-order valence-electron chi connectivity index (χ1n) is 9.50. The molecule has 1 fully saturated rings. The molecule has 2 N–H and O–H groups in total. The number of piperidine rings is 1. The van der Waals surface area contributed by atoms with E-state index in [0.717, 1.165) is 11.3 Å². The van der Waals surface area contributed by atoms with E-state index in [9.17, 15) is 14.4 Å². The lowest BCUT2D eigenvalue weighted by atomic mass is 10.0. The van der Waals surface area contributed by atoms with E-state index < -0.39 is 6.04 Å². The molecule has 1 atom stereocenters. The molecule has 0 unspecified atom stereocenters. The number of benzene rings is 2. The van der Waals surface area contributed by atoms with Crippen molar-refractivity contribution in [1.82, 2.24) is 10.2 Å². The summed E-state index contributed by atoms with van der Waals surface area (Å²) in [6.07, 6.45) is 0.629. The van der Waals surface area contributed by atoms with Crippen LogP contribution in [0.5, 0.6) is 0 Å². The molecule has 2 heterocycles. The second-order valence-corrected chi connectivity index (χ2v) is 7.50. The van der Waals surface area contributed by atoms with Crippen LogP contribution >= 0.6 is 0 Å². The van der Waals surface area contributed by atoms with Gasteiger partial charge < -0.3 is 10.2 Å². The van der Waals surface area contributed by atoms with E-state index in [1.165, 1.54) is 16.7 Å². The molecule has 2 aliphatic rings. The fourth-order valence-electron chi connectivity index (χ4n) is 3.86. The fraction of sp³-hybridized carbons (Fsp3) is 0.318. The lowest BCUT2D eigenvalue weighted by Gasteiger charge is -2.29. The smallest absolute Gasteiger partial charge is 0.255 e. The highest BCUT2D eigenvalue weighted by molar-refractivity contribution is 6.06. The zero-order chi connectivity index (χ0) is 19.8. The van der Waals surface area contributed by atoms with Crippen molar-refractivity contribution in [3.05, 3.63) is 64.2 Å². The minimum absolute atomic E-state index is 0.153. The number of amides is 3. The van der Waals surface area contributed by atoms with E-state index in [0.29, 0.717) is 25.1 Å². The van der Waals surface area contributed by atoms with Crippen LogP contribution in [0.1, 0.15) is 45.5 Å². The summed E-state index contributed by atoms with van der Waals surface area (Å²) in [5.74, 6) is -0.817. The Kier molecular flexibility index (Phi) is 4.63. The van der Waals surface area contributed by atoms with Crippen molar-refractivity contribution in [3.8, 4) is 0 Å². The number of carbonyl (C=O) groups is 3. The molecular weight excluding hydrogens is 354 g/mol. The number of nitrogens with one attached hydrogen (secondary N) is 2. The number of nitrogens with zero attached hydrogens (tertiary/aromatic N) is 1. The van der Waals surface area contributed by atoms with E-state index in [1.807, 2.05) is 12.1 Å². The van der Waals surface area contributed by atoms with Crippen molar-refractivity contribution in [2.75, 3.05) is 5.32 Å². The van der Waals surface area contributed by atoms with Crippen LogP contribution in [0.25, 0.3) is 0 Å². The van der Waals surface area contributed by atoms with Crippen LogP contribution in [0.4, 0.5) is 5.69 Å². The van der Waals surface area contributed by atoms with Crippen molar-refractivity contribution in [3.63, 3.8) is 0 Å². The van der Waals surface area contributed by atoms with Crippen molar-refractivity contribution < 1.29 is 14.4 Å². The van der Waals surface area contributed by atoms with E-state index in [4.69, 9.17) is 0 Å². The largest absolute Gasteiger partial charge is 0.381 e. The van der Waals surface area contributed by atoms with Crippen molar-refractivity contribution >= 4 is 23.4 Å². The molecule has 0 aromatic heterocycles. The minimum Gasteiger partial charge on any atom is -0.381 e. The van der Waals surface area contributed by atoms with Crippen molar-refractivity contribution in [2.24, 2.45) is 0 Å². The van der Waals surface area contributed by atoms with Gasteiger partial charge >= 0.3 is 0 Å². The zero-order valence-corrected chi connectivity index (χ0v) is 16.0. The number of imide groups is 1. The molecule has 0 radical (unpaired) electrons. The van der Waals surface area contributed by atoms with Crippen molar-refractivity contribution in [2.45, 2.75) is 45.8 Å². The predicted octanol–water partition coefficient (Wildman–Crippen LogP) is 2.68. The average molecular weight is 377 g/mol. The lowest BCUT2D eigenvalue weighted by Crippen LogP contribution is -2.52. The summed E-state index contributed by atoms with van der Waals surface area (Å²) in [5, 5.41) is 5.77. The molecule has 0 aliphatic carbocycles.